The van der Waals surface area contributed by atoms with Gasteiger partial charge in [0.05, 0.1) is 0 Å². The van der Waals surface area contributed by atoms with Crippen LogP contribution in [0.1, 0.15) is 0 Å². The largest absolute Gasteiger partial charge is 0.347 e. The fourth-order valence-corrected chi connectivity index (χ4v) is 2.36. The highest BCUT2D eigenvalue weighted by Gasteiger charge is 2.08. The summed E-state index contributed by atoms with van der Waals surface area (Å²) in [6.45, 7) is 0. The molecule has 0 bridgehead atoms. The van der Waals surface area contributed by atoms with Gasteiger partial charge >= 0.3 is 5.69 Å². The molecule has 5 nitrogen and oxygen atoms in total. The van der Waals surface area contributed by atoms with Gasteiger partial charge in [-0.1, -0.05) is 30.0 Å². The van der Waals surface area contributed by atoms with Crippen molar-refractivity contribution in [3.8, 4) is 0 Å². The minimum Gasteiger partial charge on any atom is -0.247 e. The van der Waals surface area contributed by atoms with Crippen LogP contribution in [0.5, 0.6) is 0 Å². The maximum Gasteiger partial charge on any atom is 0.347 e. The van der Waals surface area contributed by atoms with Gasteiger partial charge in [0.25, 0.3) is 0 Å². The van der Waals surface area contributed by atoms with Crippen molar-refractivity contribution in [1.29, 1.82) is 0 Å². The summed E-state index contributed by atoms with van der Waals surface area (Å²) in [5.41, 5.74) is 0.295. The van der Waals surface area contributed by atoms with Gasteiger partial charge in [0.2, 0.25) is 0 Å². The Bertz CT molecular complexity index is 704. The zero-order valence-corrected chi connectivity index (χ0v) is 9.52. The highest BCUT2D eigenvalue weighted by atomic mass is 32.2. The van der Waals surface area contributed by atoms with E-state index in [4.69, 9.17) is 0 Å². The molecule has 0 saturated heterocycles. The lowest BCUT2D eigenvalue weighted by Gasteiger charge is -2.00. The second-order valence-corrected chi connectivity index (χ2v) is 4.43. The third kappa shape index (κ3) is 1.83. The van der Waals surface area contributed by atoms with Crippen LogP contribution in [0.15, 0.2) is 57.4 Å². The normalized spacial score (nSPS) is 10.8. The first-order valence-corrected chi connectivity index (χ1v) is 5.81. The van der Waals surface area contributed by atoms with Gasteiger partial charge in [-0.25, -0.2) is 19.3 Å². The summed E-state index contributed by atoms with van der Waals surface area (Å²) in [6.07, 6.45) is 3.19. The summed E-state index contributed by atoms with van der Waals surface area (Å²) in [7, 11) is 0. The average molecular weight is 244 g/mol. The molecule has 2 aromatic heterocycles. The van der Waals surface area contributed by atoms with Crippen molar-refractivity contribution in [1.82, 2.24) is 19.6 Å². The van der Waals surface area contributed by atoms with E-state index < -0.39 is 0 Å². The van der Waals surface area contributed by atoms with E-state index in [0.717, 1.165) is 4.90 Å². The first kappa shape index (κ1) is 10.1. The number of hydrogen-bond acceptors (Lipinski definition) is 4. The van der Waals surface area contributed by atoms with E-state index in [0.29, 0.717) is 10.7 Å². The standard InChI is InChI=1S/C11H8N4OS/c16-11-14-13-9-10(12-6-7-15(9)11)17-8-4-2-1-3-5-8/h1-7H,(H,14,16). The first-order valence-electron chi connectivity index (χ1n) is 4.99. The van der Waals surface area contributed by atoms with Crippen molar-refractivity contribution in [3.63, 3.8) is 0 Å². The van der Waals surface area contributed by atoms with Crippen molar-refractivity contribution >= 4 is 17.4 Å². The van der Waals surface area contributed by atoms with Crippen LogP contribution in [0, 0.1) is 0 Å². The van der Waals surface area contributed by atoms with Crippen LogP contribution in [0.2, 0.25) is 0 Å². The number of aromatic amines is 1. The smallest absolute Gasteiger partial charge is 0.247 e. The van der Waals surface area contributed by atoms with Crippen LogP contribution < -0.4 is 5.69 Å². The number of nitrogens with one attached hydrogen (secondary N) is 1. The third-order valence-corrected chi connectivity index (χ3v) is 3.25. The van der Waals surface area contributed by atoms with Gasteiger partial charge in [-0.15, -0.1) is 5.10 Å². The molecule has 1 N–H and O–H groups in total. The molecular formula is C11H8N4OS. The molecule has 0 radical (unpaired) electrons. The molecule has 6 heteroatoms. The number of nitrogens with zero attached hydrogens (tertiary/aromatic N) is 3. The molecule has 0 saturated carbocycles. The lowest BCUT2D eigenvalue weighted by atomic mass is 10.4. The Balaban J connectivity index is 2.09. The van der Waals surface area contributed by atoms with E-state index in [-0.39, 0.29) is 5.69 Å². The lowest BCUT2D eigenvalue weighted by molar-refractivity contribution is 0.999. The molecule has 3 aromatic rings. The number of benzene rings is 1. The summed E-state index contributed by atoms with van der Waals surface area (Å²) in [5, 5.41) is 7.07. The van der Waals surface area contributed by atoms with Gasteiger partial charge in [0, 0.05) is 17.3 Å². The van der Waals surface area contributed by atoms with Gasteiger partial charge in [-0.3, -0.25) is 0 Å². The molecule has 0 atom stereocenters. The average Bonchev–Trinajstić information content (AvgIpc) is 2.74. The van der Waals surface area contributed by atoms with E-state index in [1.165, 1.54) is 16.2 Å². The number of aromatic nitrogens is 4. The summed E-state index contributed by atoms with van der Waals surface area (Å²) < 4.78 is 1.44. The fraction of sp³-hybridized carbons (Fsp3) is 0. The third-order valence-electron chi connectivity index (χ3n) is 2.26. The van der Waals surface area contributed by atoms with Crippen molar-refractivity contribution in [2.24, 2.45) is 0 Å². The van der Waals surface area contributed by atoms with Gasteiger partial charge in [-0.2, -0.15) is 0 Å². The molecule has 1 aromatic carbocycles. The van der Waals surface area contributed by atoms with Crippen LogP contribution >= 0.6 is 11.8 Å². The second kappa shape index (κ2) is 4.06. The van der Waals surface area contributed by atoms with Crippen molar-refractivity contribution in [2.75, 3.05) is 0 Å². The Morgan fingerprint density at radius 3 is 2.88 bits per heavy atom. The molecule has 2 heterocycles. The molecular weight excluding hydrogens is 236 g/mol. The van der Waals surface area contributed by atoms with Crippen molar-refractivity contribution in [3.05, 3.63) is 53.2 Å². The summed E-state index contributed by atoms with van der Waals surface area (Å²) in [5.74, 6) is 0. The Morgan fingerprint density at radius 1 is 1.24 bits per heavy atom. The number of fused-ring (bicyclic) bond motifs is 1. The quantitative estimate of drug-likeness (QED) is 0.743. The fourth-order valence-electron chi connectivity index (χ4n) is 1.49. The van der Waals surface area contributed by atoms with Crippen molar-refractivity contribution in [2.45, 2.75) is 9.92 Å². The Kier molecular flexibility index (Phi) is 2.41. The van der Waals surface area contributed by atoms with Crippen LogP contribution in [0.25, 0.3) is 5.65 Å². The predicted octanol–water partition coefficient (Wildman–Crippen LogP) is 1.57. The van der Waals surface area contributed by atoms with Gasteiger partial charge in [0.15, 0.2) is 5.65 Å². The van der Waals surface area contributed by atoms with E-state index in [1.807, 2.05) is 30.3 Å². The highest BCUT2D eigenvalue weighted by molar-refractivity contribution is 7.99. The number of rotatable bonds is 2. The Morgan fingerprint density at radius 2 is 2.06 bits per heavy atom. The molecule has 0 spiro atoms. The Labute approximate surface area is 101 Å². The van der Waals surface area contributed by atoms with Crippen LogP contribution in [0.4, 0.5) is 0 Å². The van der Waals surface area contributed by atoms with Gasteiger partial charge < -0.3 is 0 Å². The van der Waals surface area contributed by atoms with Crippen molar-refractivity contribution < 1.29 is 0 Å². The minimum atomic E-state index is -0.252. The molecule has 84 valence electrons. The maximum atomic E-state index is 11.4. The van der Waals surface area contributed by atoms with Crippen LogP contribution in [-0.4, -0.2) is 19.6 Å². The first-order chi connectivity index (χ1) is 8.34. The zero-order valence-electron chi connectivity index (χ0n) is 8.70. The second-order valence-electron chi connectivity index (χ2n) is 3.37. The van der Waals surface area contributed by atoms with E-state index in [1.54, 1.807) is 12.4 Å². The lowest BCUT2D eigenvalue weighted by Crippen LogP contribution is -2.08. The van der Waals surface area contributed by atoms with E-state index >= 15 is 0 Å². The molecule has 0 aliphatic rings. The summed E-state index contributed by atoms with van der Waals surface area (Å²) in [4.78, 5) is 16.7. The number of hydrogen-bond donors (Lipinski definition) is 1. The minimum absolute atomic E-state index is 0.252. The number of H-pyrrole nitrogens is 1. The topological polar surface area (TPSA) is 63.0 Å². The molecule has 0 fully saturated rings. The highest BCUT2D eigenvalue weighted by Crippen LogP contribution is 2.27. The monoisotopic (exact) mass is 244 g/mol. The van der Waals surface area contributed by atoms with E-state index in [9.17, 15) is 4.79 Å². The van der Waals surface area contributed by atoms with Gasteiger partial charge in [-0.05, 0) is 12.1 Å². The summed E-state index contributed by atoms with van der Waals surface area (Å²) in [6, 6.07) is 9.84. The Hall–Kier alpha value is -2.08. The molecule has 3 rings (SSSR count). The van der Waals surface area contributed by atoms with Crippen LogP contribution in [-0.2, 0) is 0 Å². The predicted molar refractivity (Wildman–Crippen MR) is 64.2 cm³/mol. The molecule has 0 amide bonds. The van der Waals surface area contributed by atoms with Gasteiger partial charge in [0.1, 0.15) is 5.03 Å². The van der Waals surface area contributed by atoms with Crippen LogP contribution in [0.3, 0.4) is 0 Å². The maximum absolute atomic E-state index is 11.4. The molecule has 17 heavy (non-hydrogen) atoms. The molecule has 0 unspecified atom stereocenters. The SMILES string of the molecule is O=c1[nH]nc2c(Sc3ccccc3)nccn12. The molecule has 0 aliphatic heterocycles. The zero-order chi connectivity index (χ0) is 11.7. The van der Waals surface area contributed by atoms with E-state index in [2.05, 4.69) is 15.2 Å². The molecule has 0 aliphatic carbocycles. The summed E-state index contributed by atoms with van der Waals surface area (Å²) >= 11 is 1.48.